The lowest BCUT2D eigenvalue weighted by molar-refractivity contribution is 0.122. The van der Waals surface area contributed by atoms with Crippen molar-refractivity contribution in [3.05, 3.63) is 33.4 Å². The number of halogens is 1. The lowest BCUT2D eigenvalue weighted by Crippen LogP contribution is -2.27. The van der Waals surface area contributed by atoms with E-state index in [4.69, 9.17) is 10.5 Å². The lowest BCUT2D eigenvalue weighted by atomic mass is 10.0. The summed E-state index contributed by atoms with van der Waals surface area (Å²) in [5.41, 5.74) is 6.67. The van der Waals surface area contributed by atoms with E-state index in [0.29, 0.717) is 13.0 Å². The number of hydrogen-bond donors (Lipinski definition) is 2. The molecule has 4 heteroatoms. The molecule has 3 N–H and O–H groups in total. The predicted molar refractivity (Wildman–Crippen MR) is 68.6 cm³/mol. The number of aliphatic hydroxyl groups is 1. The third kappa shape index (κ3) is 4.46. The van der Waals surface area contributed by atoms with E-state index in [-0.39, 0.29) is 6.04 Å². The minimum absolute atomic E-state index is 0.121. The van der Waals surface area contributed by atoms with E-state index in [0.717, 1.165) is 9.13 Å². The normalized spacial score (nSPS) is 14.9. The van der Waals surface area contributed by atoms with Crippen LogP contribution in [0.1, 0.15) is 18.1 Å². The molecule has 2 unspecified atom stereocenters. The molecule has 0 radical (unpaired) electrons. The van der Waals surface area contributed by atoms with Crippen molar-refractivity contribution in [3.8, 4) is 0 Å². The highest BCUT2D eigenvalue weighted by molar-refractivity contribution is 14.1. The molecule has 0 spiro atoms. The second-order valence-electron chi connectivity index (χ2n) is 3.52. The largest absolute Gasteiger partial charge is 0.388 e. The van der Waals surface area contributed by atoms with Crippen LogP contribution in [0.3, 0.4) is 0 Å². The van der Waals surface area contributed by atoms with Gasteiger partial charge in [0.05, 0.1) is 12.7 Å². The first-order valence-electron chi connectivity index (χ1n) is 4.81. The first kappa shape index (κ1) is 12.9. The van der Waals surface area contributed by atoms with E-state index in [1.54, 1.807) is 7.11 Å². The molecule has 0 saturated carbocycles. The quantitative estimate of drug-likeness (QED) is 0.812. The lowest BCUT2D eigenvalue weighted by Gasteiger charge is -2.16. The second kappa shape index (κ2) is 6.42. The van der Waals surface area contributed by atoms with Crippen molar-refractivity contribution >= 4 is 22.6 Å². The van der Waals surface area contributed by atoms with Crippen LogP contribution in [-0.4, -0.2) is 24.9 Å². The molecule has 0 heterocycles. The maximum atomic E-state index is 9.87. The Bertz CT molecular complexity index is 289. The van der Waals surface area contributed by atoms with Crippen molar-refractivity contribution < 1.29 is 9.84 Å². The molecule has 0 aliphatic carbocycles. The molecule has 1 aromatic rings. The van der Waals surface area contributed by atoms with Crippen LogP contribution in [0, 0.1) is 3.57 Å². The summed E-state index contributed by atoms with van der Waals surface area (Å²) in [6, 6.07) is 7.67. The monoisotopic (exact) mass is 321 g/mol. The minimum atomic E-state index is -0.507. The van der Waals surface area contributed by atoms with Gasteiger partial charge in [0.1, 0.15) is 0 Å². The second-order valence-corrected chi connectivity index (χ2v) is 4.76. The summed E-state index contributed by atoms with van der Waals surface area (Å²) in [7, 11) is 1.61. The van der Waals surface area contributed by atoms with Gasteiger partial charge in [0.2, 0.25) is 0 Å². The average Bonchev–Trinajstić information content (AvgIpc) is 2.18. The fourth-order valence-corrected chi connectivity index (χ4v) is 1.75. The predicted octanol–water partition coefficient (Wildman–Crippen LogP) is 1.69. The number of aliphatic hydroxyl groups excluding tert-OH is 1. The van der Waals surface area contributed by atoms with Crippen LogP contribution in [0.5, 0.6) is 0 Å². The zero-order valence-corrected chi connectivity index (χ0v) is 10.8. The number of rotatable bonds is 5. The Balaban J connectivity index is 2.53. The van der Waals surface area contributed by atoms with Gasteiger partial charge in [0, 0.05) is 16.7 Å². The Labute approximate surface area is 104 Å². The van der Waals surface area contributed by atoms with E-state index >= 15 is 0 Å². The van der Waals surface area contributed by atoms with Gasteiger partial charge in [-0.1, -0.05) is 12.1 Å². The Kier molecular flexibility index (Phi) is 5.52. The standard InChI is InChI=1S/C11H16INO2/c1-15-7-10(13)6-11(14)8-2-4-9(12)5-3-8/h2-5,10-11,14H,6-7,13H2,1H3. The van der Waals surface area contributed by atoms with E-state index in [1.807, 2.05) is 24.3 Å². The fourth-order valence-electron chi connectivity index (χ4n) is 1.39. The van der Waals surface area contributed by atoms with Gasteiger partial charge < -0.3 is 15.6 Å². The van der Waals surface area contributed by atoms with Crippen molar-refractivity contribution in [2.24, 2.45) is 5.73 Å². The van der Waals surface area contributed by atoms with Crippen LogP contribution in [-0.2, 0) is 4.74 Å². The van der Waals surface area contributed by atoms with Crippen molar-refractivity contribution in [2.45, 2.75) is 18.6 Å². The molecule has 0 aliphatic heterocycles. The van der Waals surface area contributed by atoms with Gasteiger partial charge >= 0.3 is 0 Å². The number of ether oxygens (including phenoxy) is 1. The molecule has 1 rings (SSSR count). The Morgan fingerprint density at radius 1 is 1.40 bits per heavy atom. The first-order valence-corrected chi connectivity index (χ1v) is 5.89. The van der Waals surface area contributed by atoms with Crippen LogP contribution in [0.15, 0.2) is 24.3 Å². The summed E-state index contributed by atoms with van der Waals surface area (Å²) in [5, 5.41) is 9.87. The van der Waals surface area contributed by atoms with Crippen molar-refractivity contribution in [1.82, 2.24) is 0 Å². The summed E-state index contributed by atoms with van der Waals surface area (Å²) in [6.45, 7) is 0.474. The molecule has 0 saturated heterocycles. The third-order valence-corrected chi connectivity index (χ3v) is 2.88. The summed E-state index contributed by atoms with van der Waals surface area (Å²) < 4.78 is 6.08. The molecule has 0 aromatic heterocycles. The Hall–Kier alpha value is -0.170. The minimum Gasteiger partial charge on any atom is -0.388 e. The number of nitrogens with two attached hydrogens (primary N) is 1. The summed E-state index contributed by atoms with van der Waals surface area (Å²) in [5.74, 6) is 0. The summed E-state index contributed by atoms with van der Waals surface area (Å²) >= 11 is 2.23. The van der Waals surface area contributed by atoms with Gasteiger partial charge in [-0.2, -0.15) is 0 Å². The maximum absolute atomic E-state index is 9.87. The molecule has 3 nitrogen and oxygen atoms in total. The molecular weight excluding hydrogens is 305 g/mol. The Morgan fingerprint density at radius 3 is 2.53 bits per heavy atom. The molecule has 2 atom stereocenters. The van der Waals surface area contributed by atoms with Crippen molar-refractivity contribution in [2.75, 3.05) is 13.7 Å². The summed E-state index contributed by atoms with van der Waals surface area (Å²) in [6.07, 6.45) is 0.0150. The van der Waals surface area contributed by atoms with E-state index < -0.39 is 6.10 Å². The maximum Gasteiger partial charge on any atom is 0.0805 e. The highest BCUT2D eigenvalue weighted by Gasteiger charge is 2.12. The highest BCUT2D eigenvalue weighted by Crippen LogP contribution is 2.18. The molecule has 0 fully saturated rings. The number of hydrogen-bond acceptors (Lipinski definition) is 3. The molecule has 0 aliphatic rings. The average molecular weight is 321 g/mol. The molecule has 1 aromatic carbocycles. The summed E-state index contributed by atoms with van der Waals surface area (Å²) in [4.78, 5) is 0. The first-order chi connectivity index (χ1) is 7.13. The van der Waals surface area contributed by atoms with Crippen LogP contribution in [0.2, 0.25) is 0 Å². The van der Waals surface area contributed by atoms with E-state index in [1.165, 1.54) is 0 Å². The van der Waals surface area contributed by atoms with Crippen molar-refractivity contribution in [1.29, 1.82) is 0 Å². The molecule has 15 heavy (non-hydrogen) atoms. The van der Waals surface area contributed by atoms with Gasteiger partial charge in [0.15, 0.2) is 0 Å². The van der Waals surface area contributed by atoms with Crippen LogP contribution >= 0.6 is 22.6 Å². The third-order valence-electron chi connectivity index (χ3n) is 2.16. The Morgan fingerprint density at radius 2 is 2.00 bits per heavy atom. The van der Waals surface area contributed by atoms with Crippen LogP contribution in [0.4, 0.5) is 0 Å². The van der Waals surface area contributed by atoms with Crippen LogP contribution in [0.25, 0.3) is 0 Å². The molecule has 84 valence electrons. The van der Waals surface area contributed by atoms with Gasteiger partial charge in [-0.3, -0.25) is 0 Å². The van der Waals surface area contributed by atoms with Gasteiger partial charge in [-0.25, -0.2) is 0 Å². The molecular formula is C11H16INO2. The van der Waals surface area contributed by atoms with E-state index in [2.05, 4.69) is 22.6 Å². The smallest absolute Gasteiger partial charge is 0.0805 e. The SMILES string of the molecule is COCC(N)CC(O)c1ccc(I)cc1. The molecule has 0 bridgehead atoms. The number of methoxy groups -OCH3 is 1. The van der Waals surface area contributed by atoms with Crippen molar-refractivity contribution in [3.63, 3.8) is 0 Å². The van der Waals surface area contributed by atoms with Crippen LogP contribution < -0.4 is 5.73 Å². The zero-order valence-electron chi connectivity index (χ0n) is 8.69. The highest BCUT2D eigenvalue weighted by atomic mass is 127. The van der Waals surface area contributed by atoms with Gasteiger partial charge in [-0.05, 0) is 46.7 Å². The van der Waals surface area contributed by atoms with Gasteiger partial charge in [-0.15, -0.1) is 0 Å². The fraction of sp³-hybridized carbons (Fsp3) is 0.455. The molecule has 0 amide bonds. The number of benzene rings is 1. The van der Waals surface area contributed by atoms with Gasteiger partial charge in [0.25, 0.3) is 0 Å². The topological polar surface area (TPSA) is 55.5 Å². The zero-order chi connectivity index (χ0) is 11.3. The van der Waals surface area contributed by atoms with E-state index in [9.17, 15) is 5.11 Å².